The fourth-order valence-corrected chi connectivity index (χ4v) is 2.99. The molecule has 0 atom stereocenters. The third-order valence-electron chi connectivity index (χ3n) is 2.89. The maximum absolute atomic E-state index is 12.1. The first kappa shape index (κ1) is 17.5. The molecule has 9 heteroatoms. The number of anilines is 1. The molecule has 0 aliphatic heterocycles. The molecule has 0 aliphatic rings. The Kier molecular flexibility index (Phi) is 5.83. The molecule has 0 bridgehead atoms. The summed E-state index contributed by atoms with van der Waals surface area (Å²) in [7, 11) is -3.23. The van der Waals surface area contributed by atoms with Crippen LogP contribution in [0.25, 0.3) is 0 Å². The van der Waals surface area contributed by atoms with Gasteiger partial charge in [-0.1, -0.05) is 12.1 Å². The van der Waals surface area contributed by atoms with Crippen molar-refractivity contribution in [3.05, 3.63) is 45.9 Å². The number of rotatable bonds is 7. The second-order valence-corrected chi connectivity index (χ2v) is 7.69. The number of aromatic nitrogens is 1. The molecule has 0 spiro atoms. The lowest BCUT2D eigenvalue weighted by molar-refractivity contribution is 0.102. The molecule has 0 saturated heterocycles. The quantitative estimate of drug-likeness (QED) is 0.685. The minimum atomic E-state index is -3.23. The number of amides is 1. The second kappa shape index (κ2) is 7.64. The van der Waals surface area contributed by atoms with E-state index in [2.05, 4.69) is 15.0 Å². The van der Waals surface area contributed by atoms with Crippen LogP contribution in [0.1, 0.15) is 21.1 Å². The average Bonchev–Trinajstić information content (AvgIpc) is 2.95. The van der Waals surface area contributed by atoms with Crippen molar-refractivity contribution in [2.75, 3.05) is 18.1 Å². The van der Waals surface area contributed by atoms with Crippen molar-refractivity contribution in [2.24, 2.45) is 5.73 Å². The number of hydrogen-bond donors (Lipinski definition) is 3. The molecular formula is C14H18N4O3S2. The normalized spacial score (nSPS) is 11.4. The minimum Gasteiger partial charge on any atom is -0.330 e. The molecule has 1 aromatic heterocycles. The van der Waals surface area contributed by atoms with Gasteiger partial charge in [0.1, 0.15) is 5.69 Å². The average molecular weight is 354 g/mol. The van der Waals surface area contributed by atoms with Crippen LogP contribution in [-0.2, 0) is 23.0 Å². The Morgan fingerprint density at radius 2 is 2.00 bits per heavy atom. The molecule has 23 heavy (non-hydrogen) atoms. The van der Waals surface area contributed by atoms with Crippen molar-refractivity contribution in [1.29, 1.82) is 0 Å². The van der Waals surface area contributed by atoms with Gasteiger partial charge in [-0.25, -0.2) is 18.1 Å². The highest BCUT2D eigenvalue weighted by atomic mass is 32.2. The summed E-state index contributed by atoms with van der Waals surface area (Å²) in [4.78, 5) is 16.3. The lowest BCUT2D eigenvalue weighted by atomic mass is 10.2. The van der Waals surface area contributed by atoms with Gasteiger partial charge in [-0.15, -0.1) is 11.3 Å². The van der Waals surface area contributed by atoms with Gasteiger partial charge in [-0.3, -0.25) is 4.79 Å². The third-order valence-corrected chi connectivity index (χ3v) is 4.47. The Hall–Kier alpha value is -1.81. The van der Waals surface area contributed by atoms with Crippen LogP contribution >= 0.6 is 11.3 Å². The maximum atomic E-state index is 12.1. The van der Waals surface area contributed by atoms with E-state index in [-0.39, 0.29) is 12.5 Å². The molecule has 1 aromatic carbocycles. The topological polar surface area (TPSA) is 114 Å². The van der Waals surface area contributed by atoms with Gasteiger partial charge < -0.3 is 11.1 Å². The van der Waals surface area contributed by atoms with E-state index in [1.165, 1.54) is 11.3 Å². The van der Waals surface area contributed by atoms with Crippen molar-refractivity contribution in [3.8, 4) is 0 Å². The molecule has 1 heterocycles. The second-order valence-electron chi connectivity index (χ2n) is 4.91. The predicted octanol–water partition coefficient (Wildman–Crippen LogP) is 0.946. The standard InChI is InChI=1S/C14H18N4O3S2/c1-23(20,21)16-8-10-2-4-11(5-3-10)17-14(19)12-9-22-13(18-12)6-7-15/h2-5,9,16H,6-8,15H2,1H3,(H,17,19). The molecule has 0 fully saturated rings. The molecule has 0 aliphatic carbocycles. The summed E-state index contributed by atoms with van der Waals surface area (Å²) in [5.41, 5.74) is 7.24. The number of hydrogen-bond acceptors (Lipinski definition) is 6. The lowest BCUT2D eigenvalue weighted by Crippen LogP contribution is -2.21. The van der Waals surface area contributed by atoms with Crippen LogP contribution in [0.15, 0.2) is 29.6 Å². The van der Waals surface area contributed by atoms with E-state index in [1.807, 2.05) is 0 Å². The molecule has 2 rings (SSSR count). The summed E-state index contributed by atoms with van der Waals surface area (Å²) in [6.07, 6.45) is 1.76. The van der Waals surface area contributed by atoms with E-state index in [0.29, 0.717) is 24.3 Å². The highest BCUT2D eigenvalue weighted by Crippen LogP contribution is 2.14. The van der Waals surface area contributed by atoms with Crippen molar-refractivity contribution < 1.29 is 13.2 Å². The molecule has 124 valence electrons. The molecule has 4 N–H and O–H groups in total. The Bertz CT molecular complexity index is 770. The van der Waals surface area contributed by atoms with E-state index in [1.54, 1.807) is 29.6 Å². The highest BCUT2D eigenvalue weighted by molar-refractivity contribution is 7.88. The van der Waals surface area contributed by atoms with Gasteiger partial charge in [0.15, 0.2) is 0 Å². The summed E-state index contributed by atoms with van der Waals surface area (Å²) in [6.45, 7) is 0.707. The van der Waals surface area contributed by atoms with Gasteiger partial charge in [-0.05, 0) is 24.2 Å². The van der Waals surface area contributed by atoms with Gasteiger partial charge in [0, 0.05) is 24.0 Å². The van der Waals surface area contributed by atoms with Crippen LogP contribution in [0.4, 0.5) is 5.69 Å². The molecule has 0 radical (unpaired) electrons. The number of sulfonamides is 1. The summed E-state index contributed by atoms with van der Waals surface area (Å²) >= 11 is 1.41. The SMILES string of the molecule is CS(=O)(=O)NCc1ccc(NC(=O)c2csc(CCN)n2)cc1. The van der Waals surface area contributed by atoms with Gasteiger partial charge in [0.05, 0.1) is 11.3 Å². The zero-order chi connectivity index (χ0) is 16.9. The molecular weight excluding hydrogens is 336 g/mol. The molecule has 0 unspecified atom stereocenters. The molecule has 2 aromatic rings. The minimum absolute atomic E-state index is 0.210. The van der Waals surface area contributed by atoms with Crippen molar-refractivity contribution in [3.63, 3.8) is 0 Å². The zero-order valence-electron chi connectivity index (χ0n) is 12.6. The van der Waals surface area contributed by atoms with Crippen LogP contribution in [0, 0.1) is 0 Å². The van der Waals surface area contributed by atoms with Crippen LogP contribution in [0.2, 0.25) is 0 Å². The monoisotopic (exact) mass is 354 g/mol. The van der Waals surface area contributed by atoms with E-state index < -0.39 is 10.0 Å². The Balaban J connectivity index is 1.95. The summed E-state index contributed by atoms with van der Waals surface area (Å²) < 4.78 is 24.5. The van der Waals surface area contributed by atoms with Crippen LogP contribution in [0.5, 0.6) is 0 Å². The van der Waals surface area contributed by atoms with Crippen LogP contribution < -0.4 is 15.8 Å². The summed E-state index contributed by atoms with van der Waals surface area (Å²) in [5, 5.41) is 5.28. The number of nitrogens with two attached hydrogens (primary N) is 1. The van der Waals surface area contributed by atoms with Crippen molar-refractivity contribution in [2.45, 2.75) is 13.0 Å². The smallest absolute Gasteiger partial charge is 0.275 e. The lowest BCUT2D eigenvalue weighted by Gasteiger charge is -2.06. The largest absolute Gasteiger partial charge is 0.330 e. The molecule has 0 saturated carbocycles. The number of thiazole rings is 1. The Morgan fingerprint density at radius 1 is 1.30 bits per heavy atom. The molecule has 7 nitrogen and oxygen atoms in total. The van der Waals surface area contributed by atoms with E-state index in [9.17, 15) is 13.2 Å². The van der Waals surface area contributed by atoms with E-state index >= 15 is 0 Å². The van der Waals surface area contributed by atoms with Gasteiger partial charge >= 0.3 is 0 Å². The maximum Gasteiger partial charge on any atom is 0.275 e. The number of nitrogens with zero attached hydrogens (tertiary/aromatic N) is 1. The molecule has 1 amide bonds. The van der Waals surface area contributed by atoms with Gasteiger partial charge in [-0.2, -0.15) is 0 Å². The fraction of sp³-hybridized carbons (Fsp3) is 0.286. The number of carbonyl (C=O) groups is 1. The van der Waals surface area contributed by atoms with Crippen molar-refractivity contribution >= 4 is 33.0 Å². The first-order valence-electron chi connectivity index (χ1n) is 6.87. The Morgan fingerprint density at radius 3 is 2.61 bits per heavy atom. The first-order chi connectivity index (χ1) is 10.9. The van der Waals surface area contributed by atoms with Gasteiger partial charge in [0.25, 0.3) is 5.91 Å². The summed E-state index contributed by atoms with van der Waals surface area (Å²) in [6, 6.07) is 6.91. The number of nitrogens with one attached hydrogen (secondary N) is 2. The number of carbonyl (C=O) groups excluding carboxylic acids is 1. The van der Waals surface area contributed by atoms with Crippen molar-refractivity contribution in [1.82, 2.24) is 9.71 Å². The van der Waals surface area contributed by atoms with Gasteiger partial charge in [0.2, 0.25) is 10.0 Å². The fourth-order valence-electron chi connectivity index (χ4n) is 1.77. The predicted molar refractivity (Wildman–Crippen MR) is 91.0 cm³/mol. The van der Waals surface area contributed by atoms with E-state index in [0.717, 1.165) is 16.8 Å². The highest BCUT2D eigenvalue weighted by Gasteiger charge is 2.11. The summed E-state index contributed by atoms with van der Waals surface area (Å²) in [5.74, 6) is -0.286. The third kappa shape index (κ3) is 5.71. The first-order valence-corrected chi connectivity index (χ1v) is 9.64. The number of benzene rings is 1. The van der Waals surface area contributed by atoms with E-state index in [4.69, 9.17) is 5.73 Å². The van der Waals surface area contributed by atoms with Crippen LogP contribution in [0.3, 0.4) is 0 Å². The zero-order valence-corrected chi connectivity index (χ0v) is 14.2. The Labute approximate surface area is 139 Å². The van der Waals surface area contributed by atoms with Crippen LogP contribution in [-0.4, -0.2) is 32.1 Å².